The first-order valence-electron chi connectivity index (χ1n) is 8.34. The summed E-state index contributed by atoms with van der Waals surface area (Å²) in [5.74, 6) is 0.974. The highest BCUT2D eigenvalue weighted by Crippen LogP contribution is 2.20. The first-order valence-corrected chi connectivity index (χ1v) is 8.34. The third-order valence-corrected chi connectivity index (χ3v) is 4.27. The van der Waals surface area contributed by atoms with E-state index in [9.17, 15) is 0 Å². The lowest BCUT2D eigenvalue weighted by Gasteiger charge is -2.24. The van der Waals surface area contributed by atoms with Crippen LogP contribution >= 0.6 is 0 Å². The first kappa shape index (κ1) is 16.3. The molecule has 21 heavy (non-hydrogen) atoms. The van der Waals surface area contributed by atoms with Crippen molar-refractivity contribution in [3.8, 4) is 5.75 Å². The van der Waals surface area contributed by atoms with Gasteiger partial charge in [-0.25, -0.2) is 0 Å². The Kier molecular flexibility index (Phi) is 6.52. The number of ether oxygens (including phenoxy) is 1. The van der Waals surface area contributed by atoms with Crippen LogP contribution in [-0.4, -0.2) is 37.2 Å². The van der Waals surface area contributed by atoms with Crippen LogP contribution in [0.4, 0.5) is 0 Å². The van der Waals surface area contributed by atoms with Gasteiger partial charge in [-0.1, -0.05) is 25.5 Å². The molecule has 3 heteroatoms. The van der Waals surface area contributed by atoms with E-state index >= 15 is 0 Å². The van der Waals surface area contributed by atoms with Gasteiger partial charge in [-0.2, -0.15) is 0 Å². The molecule has 1 aromatic carbocycles. The zero-order valence-corrected chi connectivity index (χ0v) is 13.8. The molecule has 0 saturated heterocycles. The van der Waals surface area contributed by atoms with E-state index in [0.29, 0.717) is 6.04 Å². The van der Waals surface area contributed by atoms with Crippen molar-refractivity contribution in [3.63, 3.8) is 0 Å². The van der Waals surface area contributed by atoms with Gasteiger partial charge >= 0.3 is 0 Å². The van der Waals surface area contributed by atoms with Gasteiger partial charge in [-0.05, 0) is 50.9 Å². The smallest absolute Gasteiger partial charge is 0.119 e. The van der Waals surface area contributed by atoms with Crippen LogP contribution in [0.1, 0.15) is 45.1 Å². The van der Waals surface area contributed by atoms with Gasteiger partial charge < -0.3 is 15.0 Å². The minimum atomic E-state index is 0.634. The quantitative estimate of drug-likeness (QED) is 0.714. The van der Waals surface area contributed by atoms with Crippen LogP contribution in [0, 0.1) is 0 Å². The Hall–Kier alpha value is -1.06. The number of nitrogens with zero attached hydrogens (tertiary/aromatic N) is 1. The molecule has 0 heterocycles. The highest BCUT2D eigenvalue weighted by atomic mass is 16.5. The zero-order chi connectivity index (χ0) is 15.1. The molecule has 1 N–H and O–H groups in total. The molecular weight excluding hydrogens is 260 g/mol. The van der Waals surface area contributed by atoms with Crippen LogP contribution in [0.5, 0.6) is 5.75 Å². The molecule has 0 aliphatic heterocycles. The molecule has 0 amide bonds. The number of hydrogen-bond acceptors (Lipinski definition) is 3. The van der Waals surface area contributed by atoms with Crippen LogP contribution < -0.4 is 10.1 Å². The molecule has 1 aliphatic rings. The fourth-order valence-corrected chi connectivity index (χ4v) is 2.42. The Morgan fingerprint density at radius 2 is 2.00 bits per heavy atom. The second-order valence-electron chi connectivity index (χ2n) is 6.27. The molecule has 0 aromatic heterocycles. The van der Waals surface area contributed by atoms with Crippen molar-refractivity contribution < 1.29 is 4.74 Å². The van der Waals surface area contributed by atoms with Crippen molar-refractivity contribution in [1.82, 2.24) is 10.2 Å². The molecule has 0 spiro atoms. The summed E-state index contributed by atoms with van der Waals surface area (Å²) in [6.45, 7) is 7.23. The Morgan fingerprint density at radius 3 is 2.62 bits per heavy atom. The fraction of sp³-hybridized carbons (Fsp3) is 0.667. The highest BCUT2D eigenvalue weighted by molar-refractivity contribution is 5.27. The van der Waals surface area contributed by atoms with Gasteiger partial charge in [-0.3, -0.25) is 0 Å². The van der Waals surface area contributed by atoms with Crippen molar-refractivity contribution in [2.45, 2.75) is 58.2 Å². The number of likely N-dealkylation sites (N-methyl/N-ethyl adjacent to an activating group) is 1. The highest BCUT2D eigenvalue weighted by Gasteiger charge is 2.19. The molecule has 0 radical (unpaired) electrons. The monoisotopic (exact) mass is 290 g/mol. The Labute approximate surface area is 129 Å². The maximum Gasteiger partial charge on any atom is 0.119 e. The second-order valence-corrected chi connectivity index (χ2v) is 6.27. The fourth-order valence-electron chi connectivity index (χ4n) is 2.42. The van der Waals surface area contributed by atoms with E-state index in [1.807, 2.05) is 0 Å². The van der Waals surface area contributed by atoms with Crippen LogP contribution in [0.25, 0.3) is 0 Å². The van der Waals surface area contributed by atoms with Crippen LogP contribution in [-0.2, 0) is 6.54 Å². The van der Waals surface area contributed by atoms with Crippen molar-refractivity contribution in [2.75, 3.05) is 20.2 Å². The van der Waals surface area contributed by atoms with Gasteiger partial charge in [0.25, 0.3) is 0 Å². The molecule has 1 unspecified atom stereocenters. The van der Waals surface area contributed by atoms with Gasteiger partial charge in [0.1, 0.15) is 12.4 Å². The number of nitrogens with one attached hydrogen (secondary N) is 1. The normalized spacial score (nSPS) is 16.2. The maximum absolute atomic E-state index is 5.84. The maximum atomic E-state index is 5.84. The first-order chi connectivity index (χ1) is 10.2. The van der Waals surface area contributed by atoms with Gasteiger partial charge in [0.15, 0.2) is 0 Å². The minimum Gasteiger partial charge on any atom is -0.492 e. The summed E-state index contributed by atoms with van der Waals surface area (Å²) in [5.41, 5.74) is 1.34. The Morgan fingerprint density at radius 1 is 1.29 bits per heavy atom. The van der Waals surface area contributed by atoms with Gasteiger partial charge in [0.05, 0.1) is 0 Å². The summed E-state index contributed by atoms with van der Waals surface area (Å²) in [5, 5.41) is 3.53. The lowest BCUT2D eigenvalue weighted by Crippen LogP contribution is -2.32. The molecule has 118 valence electrons. The molecule has 1 saturated carbocycles. The molecular formula is C18H30N2O. The van der Waals surface area contributed by atoms with E-state index in [1.165, 1.54) is 31.2 Å². The van der Waals surface area contributed by atoms with E-state index in [2.05, 4.69) is 55.4 Å². The third kappa shape index (κ3) is 6.06. The number of benzene rings is 1. The second kappa shape index (κ2) is 8.40. The molecule has 0 bridgehead atoms. The predicted octanol–water partition coefficient (Wildman–Crippen LogP) is 3.44. The lowest BCUT2D eigenvalue weighted by molar-refractivity contribution is 0.193. The van der Waals surface area contributed by atoms with E-state index < -0.39 is 0 Å². The van der Waals surface area contributed by atoms with Crippen molar-refractivity contribution in [1.29, 1.82) is 0 Å². The van der Waals surface area contributed by atoms with Crippen LogP contribution in [0.15, 0.2) is 24.3 Å². The van der Waals surface area contributed by atoms with E-state index in [4.69, 9.17) is 4.74 Å². The SMILES string of the molecule is CCCC(C)N(C)CCOc1ccc(CNC2CC2)cc1. The van der Waals surface area contributed by atoms with Crippen molar-refractivity contribution in [3.05, 3.63) is 29.8 Å². The zero-order valence-electron chi connectivity index (χ0n) is 13.8. The van der Waals surface area contributed by atoms with E-state index in [1.54, 1.807) is 0 Å². The number of rotatable bonds is 10. The standard InChI is InChI=1S/C18H30N2O/c1-4-5-15(2)20(3)12-13-21-18-10-6-16(7-11-18)14-19-17-8-9-17/h6-7,10-11,15,17,19H,4-5,8-9,12-14H2,1-3H3. The summed E-state index contributed by atoms with van der Waals surface area (Å²) in [4.78, 5) is 2.37. The minimum absolute atomic E-state index is 0.634. The molecule has 1 fully saturated rings. The average molecular weight is 290 g/mol. The average Bonchev–Trinajstić information content (AvgIpc) is 3.31. The Balaban J connectivity index is 1.65. The van der Waals surface area contributed by atoms with Crippen molar-refractivity contribution in [2.24, 2.45) is 0 Å². The van der Waals surface area contributed by atoms with E-state index in [0.717, 1.165) is 31.5 Å². The number of hydrogen-bond donors (Lipinski definition) is 1. The van der Waals surface area contributed by atoms with Gasteiger partial charge in [0, 0.05) is 25.2 Å². The van der Waals surface area contributed by atoms with Crippen molar-refractivity contribution >= 4 is 0 Å². The molecule has 3 nitrogen and oxygen atoms in total. The summed E-state index contributed by atoms with van der Waals surface area (Å²) in [6.07, 6.45) is 5.16. The lowest BCUT2D eigenvalue weighted by atomic mass is 10.2. The van der Waals surface area contributed by atoms with E-state index in [-0.39, 0.29) is 0 Å². The topological polar surface area (TPSA) is 24.5 Å². The van der Waals surface area contributed by atoms with Gasteiger partial charge in [0.2, 0.25) is 0 Å². The summed E-state index contributed by atoms with van der Waals surface area (Å²) in [7, 11) is 2.18. The molecule has 1 aliphatic carbocycles. The largest absolute Gasteiger partial charge is 0.492 e. The van der Waals surface area contributed by atoms with Crippen LogP contribution in [0.2, 0.25) is 0 Å². The van der Waals surface area contributed by atoms with Crippen LogP contribution in [0.3, 0.4) is 0 Å². The summed E-state index contributed by atoms with van der Waals surface area (Å²) < 4.78 is 5.84. The predicted molar refractivity (Wildman–Crippen MR) is 88.8 cm³/mol. The molecule has 2 rings (SSSR count). The Bertz CT molecular complexity index is 400. The summed E-state index contributed by atoms with van der Waals surface area (Å²) >= 11 is 0. The van der Waals surface area contributed by atoms with Gasteiger partial charge in [-0.15, -0.1) is 0 Å². The molecule has 1 atom stereocenters. The third-order valence-electron chi connectivity index (χ3n) is 4.27. The summed E-state index contributed by atoms with van der Waals surface area (Å²) in [6, 6.07) is 9.89. The molecule has 1 aromatic rings.